The van der Waals surface area contributed by atoms with Crippen LogP contribution in [0.25, 0.3) is 0 Å². The van der Waals surface area contributed by atoms with E-state index in [1.54, 1.807) is 4.90 Å². The summed E-state index contributed by atoms with van der Waals surface area (Å²) >= 11 is 0. The van der Waals surface area contributed by atoms with Gasteiger partial charge >= 0.3 is 17.3 Å². The molecule has 2 rings (SSSR count). The number of rotatable bonds is 4. The minimum Gasteiger partial charge on any atom is -0.465 e. The quantitative estimate of drug-likeness (QED) is 0.471. The summed E-state index contributed by atoms with van der Waals surface area (Å²) < 4.78 is 4.53. The van der Waals surface area contributed by atoms with E-state index < -0.39 is 27.2 Å². The first-order valence-electron chi connectivity index (χ1n) is 7.54. The number of hydrogen-bond acceptors (Lipinski definition) is 7. The van der Waals surface area contributed by atoms with Gasteiger partial charge in [-0.05, 0) is 18.3 Å². The van der Waals surface area contributed by atoms with Gasteiger partial charge in [-0.25, -0.2) is 4.79 Å². The molecule has 2 unspecified atom stereocenters. The van der Waals surface area contributed by atoms with Crippen molar-refractivity contribution in [1.82, 2.24) is 0 Å². The topological polar surface area (TPSA) is 116 Å². The van der Waals surface area contributed by atoms with Crippen molar-refractivity contribution in [3.05, 3.63) is 37.9 Å². The van der Waals surface area contributed by atoms with Crippen molar-refractivity contribution in [1.29, 1.82) is 0 Å². The number of carbonyl (C=O) groups excluding carboxylic acids is 1. The zero-order valence-corrected chi connectivity index (χ0v) is 13.7. The highest BCUT2D eigenvalue weighted by molar-refractivity contribution is 5.94. The summed E-state index contributed by atoms with van der Waals surface area (Å²) in [6.07, 6.45) is 0.957. The molecule has 1 aliphatic rings. The fraction of sp³-hybridized carbons (Fsp3) is 0.533. The van der Waals surface area contributed by atoms with E-state index in [0.717, 1.165) is 25.7 Å². The SMILES string of the molecule is COC(=O)c1cc([N+](=O)[O-])c(N2CC(C)CC(C)C2)c([N+](=O)[O-])c1. The number of carbonyl (C=O) groups is 1. The highest BCUT2D eigenvalue weighted by Gasteiger charge is 2.35. The molecule has 1 heterocycles. The summed E-state index contributed by atoms with van der Waals surface area (Å²) in [7, 11) is 1.11. The predicted octanol–water partition coefficient (Wildman–Crippen LogP) is 2.77. The number of piperidine rings is 1. The maximum atomic E-state index is 11.7. The van der Waals surface area contributed by atoms with Crippen LogP contribution in [0.1, 0.15) is 30.6 Å². The van der Waals surface area contributed by atoms with Crippen molar-refractivity contribution in [3.63, 3.8) is 0 Å². The summed E-state index contributed by atoms with van der Waals surface area (Å²) in [6.45, 7) is 4.99. The Morgan fingerprint density at radius 2 is 1.58 bits per heavy atom. The van der Waals surface area contributed by atoms with E-state index in [2.05, 4.69) is 4.74 Å². The van der Waals surface area contributed by atoms with Crippen molar-refractivity contribution in [2.45, 2.75) is 20.3 Å². The number of esters is 1. The van der Waals surface area contributed by atoms with Crippen molar-refractivity contribution < 1.29 is 19.4 Å². The Balaban J connectivity index is 2.65. The minimum atomic E-state index is -0.854. The summed E-state index contributed by atoms with van der Waals surface area (Å²) in [5, 5.41) is 22.9. The van der Waals surface area contributed by atoms with E-state index in [-0.39, 0.29) is 23.1 Å². The zero-order valence-electron chi connectivity index (χ0n) is 13.7. The molecule has 24 heavy (non-hydrogen) atoms. The van der Waals surface area contributed by atoms with Gasteiger partial charge in [0.2, 0.25) is 0 Å². The van der Waals surface area contributed by atoms with Crippen molar-refractivity contribution >= 4 is 23.0 Å². The number of anilines is 1. The first kappa shape index (κ1) is 17.6. The Morgan fingerprint density at radius 3 is 1.96 bits per heavy atom. The molecule has 0 spiro atoms. The van der Waals surface area contributed by atoms with Gasteiger partial charge in [-0.3, -0.25) is 20.2 Å². The summed E-state index contributed by atoms with van der Waals surface area (Å²) in [6, 6.07) is 2.08. The second-order valence-electron chi connectivity index (χ2n) is 6.22. The van der Waals surface area contributed by atoms with Gasteiger partial charge in [0.05, 0.1) is 22.5 Å². The molecule has 0 amide bonds. The molecule has 0 saturated carbocycles. The van der Waals surface area contributed by atoms with Crippen LogP contribution in [0.5, 0.6) is 0 Å². The minimum absolute atomic E-state index is 0.0453. The van der Waals surface area contributed by atoms with Crippen LogP contribution < -0.4 is 4.90 Å². The molecule has 1 aromatic carbocycles. The Kier molecular flexibility index (Phi) is 5.01. The molecule has 0 aliphatic carbocycles. The van der Waals surface area contributed by atoms with E-state index in [1.807, 2.05) is 13.8 Å². The molecule has 0 aromatic heterocycles. The maximum absolute atomic E-state index is 11.7. The number of nitrogens with zero attached hydrogens (tertiary/aromatic N) is 3. The Hall–Kier alpha value is -2.71. The molecule has 1 aliphatic heterocycles. The number of benzene rings is 1. The van der Waals surface area contributed by atoms with Gasteiger partial charge in [-0.15, -0.1) is 0 Å². The third kappa shape index (κ3) is 3.44. The van der Waals surface area contributed by atoms with Gasteiger partial charge < -0.3 is 9.64 Å². The molecule has 0 bridgehead atoms. The number of hydrogen-bond donors (Lipinski definition) is 0. The Morgan fingerprint density at radius 1 is 1.12 bits per heavy atom. The van der Waals surface area contributed by atoms with Crippen LogP contribution in [0, 0.1) is 32.1 Å². The summed E-state index contributed by atoms with van der Waals surface area (Å²) in [5.41, 5.74) is -1.16. The van der Waals surface area contributed by atoms with Gasteiger partial charge in [0.25, 0.3) is 0 Å². The van der Waals surface area contributed by atoms with E-state index in [0.29, 0.717) is 13.1 Å². The molecule has 0 N–H and O–H groups in total. The fourth-order valence-electron chi connectivity index (χ4n) is 3.29. The number of methoxy groups -OCH3 is 1. The number of nitro benzene ring substituents is 2. The van der Waals surface area contributed by atoms with Gasteiger partial charge in [0.1, 0.15) is 0 Å². The lowest BCUT2D eigenvalue weighted by molar-refractivity contribution is -0.392. The monoisotopic (exact) mass is 337 g/mol. The Bertz CT molecular complexity index is 645. The first-order valence-corrected chi connectivity index (χ1v) is 7.54. The lowest BCUT2D eigenvalue weighted by Crippen LogP contribution is -2.39. The molecular formula is C15H19N3O6. The van der Waals surface area contributed by atoms with E-state index in [9.17, 15) is 25.0 Å². The normalized spacial score (nSPS) is 20.5. The highest BCUT2D eigenvalue weighted by Crippen LogP contribution is 2.41. The van der Waals surface area contributed by atoms with Crippen LogP contribution in [0.15, 0.2) is 12.1 Å². The van der Waals surface area contributed by atoms with E-state index in [1.165, 1.54) is 0 Å². The van der Waals surface area contributed by atoms with Crippen LogP contribution in [0.4, 0.5) is 17.1 Å². The fourth-order valence-corrected chi connectivity index (χ4v) is 3.29. The van der Waals surface area contributed by atoms with Crippen molar-refractivity contribution in [3.8, 4) is 0 Å². The summed E-state index contributed by atoms with van der Waals surface area (Å²) in [4.78, 5) is 34.9. The van der Waals surface area contributed by atoms with Crippen LogP contribution in [0.2, 0.25) is 0 Å². The van der Waals surface area contributed by atoms with E-state index >= 15 is 0 Å². The lowest BCUT2D eigenvalue weighted by atomic mass is 9.91. The molecule has 130 valence electrons. The third-order valence-corrected chi connectivity index (χ3v) is 4.07. The lowest BCUT2D eigenvalue weighted by Gasteiger charge is -2.35. The largest absolute Gasteiger partial charge is 0.465 e. The second-order valence-corrected chi connectivity index (χ2v) is 6.22. The van der Waals surface area contributed by atoms with Crippen molar-refractivity contribution in [2.24, 2.45) is 11.8 Å². The first-order chi connectivity index (χ1) is 11.2. The molecule has 2 atom stereocenters. The molecule has 1 aromatic rings. The molecular weight excluding hydrogens is 318 g/mol. The molecule has 9 heteroatoms. The van der Waals surface area contributed by atoms with Gasteiger partial charge in [0.15, 0.2) is 5.69 Å². The molecule has 1 fully saturated rings. The number of nitro groups is 2. The van der Waals surface area contributed by atoms with Crippen LogP contribution >= 0.6 is 0 Å². The third-order valence-electron chi connectivity index (χ3n) is 4.07. The predicted molar refractivity (Wildman–Crippen MR) is 86.2 cm³/mol. The van der Waals surface area contributed by atoms with Crippen LogP contribution in [0.3, 0.4) is 0 Å². The van der Waals surface area contributed by atoms with Gasteiger partial charge in [0, 0.05) is 25.2 Å². The molecule has 1 saturated heterocycles. The average Bonchev–Trinajstić information content (AvgIpc) is 2.51. The van der Waals surface area contributed by atoms with Gasteiger partial charge in [-0.2, -0.15) is 0 Å². The molecule has 9 nitrogen and oxygen atoms in total. The van der Waals surface area contributed by atoms with E-state index in [4.69, 9.17) is 0 Å². The second kappa shape index (κ2) is 6.81. The smallest absolute Gasteiger partial charge is 0.338 e. The number of ether oxygens (including phenoxy) is 1. The van der Waals surface area contributed by atoms with Crippen LogP contribution in [-0.2, 0) is 4.74 Å². The molecule has 0 radical (unpaired) electrons. The zero-order chi connectivity index (χ0) is 18.0. The summed E-state index contributed by atoms with van der Waals surface area (Å²) in [5.74, 6) is -0.338. The van der Waals surface area contributed by atoms with Crippen molar-refractivity contribution in [2.75, 3.05) is 25.1 Å². The van der Waals surface area contributed by atoms with Gasteiger partial charge in [-0.1, -0.05) is 13.8 Å². The highest BCUT2D eigenvalue weighted by atomic mass is 16.6. The standard InChI is InChI=1S/C15H19N3O6/c1-9-4-10(2)8-16(7-9)14-12(17(20)21)5-11(15(19)24-3)6-13(14)18(22)23/h5-6,9-10H,4,7-8H2,1-3H3. The van der Waals surface area contributed by atoms with Crippen LogP contribution in [-0.4, -0.2) is 36.0 Å². The maximum Gasteiger partial charge on any atom is 0.338 e. The Labute approximate surface area is 138 Å². The average molecular weight is 337 g/mol.